The average Bonchev–Trinajstić information content (AvgIpc) is 3.44. The first kappa shape index (κ1) is 30.9. The maximum Gasteiger partial charge on any atom is 0.0845 e. The Hall–Kier alpha value is -1.76. The van der Waals surface area contributed by atoms with E-state index in [1.165, 1.54) is 21.5 Å². The van der Waals surface area contributed by atoms with Gasteiger partial charge in [-0.1, -0.05) is 88.0 Å². The van der Waals surface area contributed by atoms with Crippen LogP contribution < -0.4 is 0 Å². The maximum atomic E-state index is 11.2. The summed E-state index contributed by atoms with van der Waals surface area (Å²) in [5.41, 5.74) is 4.48. The highest BCUT2D eigenvalue weighted by Gasteiger charge is 2.23. The summed E-state index contributed by atoms with van der Waals surface area (Å²) in [6.45, 7) is 5.74. The van der Waals surface area contributed by atoms with Crippen molar-refractivity contribution in [1.29, 1.82) is 0 Å². The molecule has 2 N–H and O–H groups in total. The number of aromatic nitrogens is 2. The molecule has 1 fully saturated rings. The lowest BCUT2D eigenvalue weighted by atomic mass is 10.2. The molecular formula is C34H32Br4N4O2. The summed E-state index contributed by atoms with van der Waals surface area (Å²) in [5.74, 6) is 0. The van der Waals surface area contributed by atoms with Crippen LogP contribution in [0.4, 0.5) is 0 Å². The molecule has 10 heteroatoms. The molecule has 1 aliphatic rings. The quantitative estimate of drug-likeness (QED) is 0.163. The van der Waals surface area contributed by atoms with Gasteiger partial charge >= 0.3 is 0 Å². The van der Waals surface area contributed by atoms with Crippen molar-refractivity contribution < 1.29 is 10.2 Å². The predicted octanol–water partition coefficient (Wildman–Crippen LogP) is 7.99. The van der Waals surface area contributed by atoms with Gasteiger partial charge in [0.05, 0.1) is 47.4 Å². The number of fused-ring (bicyclic) bond motifs is 6. The van der Waals surface area contributed by atoms with E-state index in [1.807, 2.05) is 0 Å². The van der Waals surface area contributed by atoms with E-state index in [0.29, 0.717) is 26.2 Å². The molecule has 6 aromatic rings. The van der Waals surface area contributed by atoms with E-state index in [0.717, 1.165) is 66.1 Å². The fraction of sp³-hybridized carbons (Fsp3) is 0.294. The van der Waals surface area contributed by atoms with Gasteiger partial charge in [0.25, 0.3) is 0 Å². The number of benzene rings is 4. The van der Waals surface area contributed by atoms with Gasteiger partial charge in [0.2, 0.25) is 0 Å². The first-order valence-corrected chi connectivity index (χ1v) is 18.0. The lowest BCUT2D eigenvalue weighted by Crippen LogP contribution is -2.50. The van der Waals surface area contributed by atoms with Crippen LogP contribution in [0.3, 0.4) is 0 Å². The van der Waals surface area contributed by atoms with Crippen LogP contribution in [0.5, 0.6) is 0 Å². The molecule has 0 saturated carbocycles. The lowest BCUT2D eigenvalue weighted by molar-refractivity contribution is 0.0415. The molecule has 6 nitrogen and oxygen atoms in total. The van der Waals surface area contributed by atoms with Gasteiger partial charge in [-0.05, 0) is 48.5 Å². The molecule has 1 saturated heterocycles. The zero-order chi connectivity index (χ0) is 30.5. The Labute approximate surface area is 289 Å². The number of halogens is 4. The van der Waals surface area contributed by atoms with E-state index in [-0.39, 0.29) is 0 Å². The van der Waals surface area contributed by atoms with E-state index < -0.39 is 12.2 Å². The third-order valence-corrected chi connectivity index (χ3v) is 10.7. The molecule has 7 rings (SSSR count). The second-order valence-corrected chi connectivity index (χ2v) is 15.4. The van der Waals surface area contributed by atoms with Gasteiger partial charge in [-0.3, -0.25) is 9.80 Å². The number of aliphatic hydroxyl groups is 2. The Kier molecular flexibility index (Phi) is 8.98. The third-order valence-electron chi connectivity index (χ3n) is 8.77. The van der Waals surface area contributed by atoms with Crippen LogP contribution in [0.2, 0.25) is 0 Å². The van der Waals surface area contributed by atoms with Gasteiger partial charge < -0.3 is 19.3 Å². The molecule has 0 spiro atoms. The lowest BCUT2D eigenvalue weighted by Gasteiger charge is -2.36. The van der Waals surface area contributed by atoms with Crippen LogP contribution in [0.25, 0.3) is 43.6 Å². The predicted molar refractivity (Wildman–Crippen MR) is 195 cm³/mol. The standard InChI is InChI=1S/C34H32Br4N4O2/c35-21-1-5-27-28-6-2-22(36)14-32(28)41(31(27)13-21)19-25(43)17-39-9-11-40(12-10-39)18-26(44)20-42-33-15-23(37)3-7-29(33)30-8-4-24(38)16-34(30)42/h1-8,13-16,25-26,43-44H,9-12,17-20H2. The van der Waals surface area contributed by atoms with Crippen LogP contribution in [0, 0.1) is 0 Å². The number of nitrogens with zero attached hydrogens (tertiary/aromatic N) is 4. The van der Waals surface area contributed by atoms with Gasteiger partial charge in [0, 0.05) is 78.7 Å². The van der Waals surface area contributed by atoms with E-state index in [9.17, 15) is 10.2 Å². The number of β-amino-alcohol motifs (C(OH)–C–C–N with tert-alkyl or cyclic N) is 2. The Bertz CT molecular complexity index is 1730. The average molecular weight is 848 g/mol. The number of aliphatic hydroxyl groups excluding tert-OH is 2. The topological polar surface area (TPSA) is 56.8 Å². The first-order valence-electron chi connectivity index (χ1n) is 14.8. The van der Waals surface area contributed by atoms with Crippen molar-refractivity contribution in [3.63, 3.8) is 0 Å². The minimum Gasteiger partial charge on any atom is -0.390 e. The highest BCUT2D eigenvalue weighted by atomic mass is 79.9. The summed E-state index contributed by atoms with van der Waals surface area (Å²) in [6, 6.07) is 25.4. The second kappa shape index (κ2) is 12.8. The van der Waals surface area contributed by atoms with Gasteiger partial charge in [-0.2, -0.15) is 0 Å². The molecule has 44 heavy (non-hydrogen) atoms. The molecule has 0 radical (unpaired) electrons. The molecule has 228 valence electrons. The monoisotopic (exact) mass is 844 g/mol. The Morgan fingerprint density at radius 2 is 0.727 bits per heavy atom. The van der Waals surface area contributed by atoms with Crippen molar-refractivity contribution in [2.45, 2.75) is 25.3 Å². The SMILES string of the molecule is OC(CN1CCN(CC(O)Cn2c3cc(Br)ccc3c3ccc(Br)cc32)CC1)Cn1c2cc(Br)ccc2c2ccc(Br)cc21. The van der Waals surface area contributed by atoms with Crippen LogP contribution in [0.15, 0.2) is 90.7 Å². The van der Waals surface area contributed by atoms with E-state index in [1.54, 1.807) is 0 Å². The van der Waals surface area contributed by atoms with Crippen molar-refractivity contribution in [3.05, 3.63) is 90.7 Å². The fourth-order valence-electron chi connectivity index (χ4n) is 6.76. The summed E-state index contributed by atoms with van der Waals surface area (Å²) in [6.07, 6.45) is -1.00. The zero-order valence-corrected chi connectivity index (χ0v) is 30.3. The molecule has 1 aliphatic heterocycles. The van der Waals surface area contributed by atoms with Gasteiger partial charge in [-0.15, -0.1) is 0 Å². The van der Waals surface area contributed by atoms with Crippen molar-refractivity contribution in [2.75, 3.05) is 39.3 Å². The molecule has 2 atom stereocenters. The molecule has 0 bridgehead atoms. The van der Waals surface area contributed by atoms with E-state index in [2.05, 4.69) is 155 Å². The van der Waals surface area contributed by atoms with Gasteiger partial charge in [0.1, 0.15) is 0 Å². The molecule has 3 heterocycles. The fourth-order valence-corrected chi connectivity index (χ4v) is 8.16. The number of piperazine rings is 1. The summed E-state index contributed by atoms with van der Waals surface area (Å²) in [5, 5.41) is 27.3. The molecule has 0 aliphatic carbocycles. The number of rotatable bonds is 8. The summed E-state index contributed by atoms with van der Waals surface area (Å²) in [7, 11) is 0. The van der Waals surface area contributed by atoms with Crippen molar-refractivity contribution in [3.8, 4) is 0 Å². The second-order valence-electron chi connectivity index (χ2n) is 11.8. The highest BCUT2D eigenvalue weighted by molar-refractivity contribution is 9.11. The van der Waals surface area contributed by atoms with E-state index in [4.69, 9.17) is 0 Å². The Morgan fingerprint density at radius 3 is 1.00 bits per heavy atom. The molecule has 4 aromatic carbocycles. The highest BCUT2D eigenvalue weighted by Crippen LogP contribution is 2.34. The Balaban J connectivity index is 0.992. The minimum atomic E-state index is -0.502. The van der Waals surface area contributed by atoms with Crippen LogP contribution in [-0.4, -0.2) is 80.6 Å². The summed E-state index contributed by atoms with van der Waals surface area (Å²) >= 11 is 14.5. The van der Waals surface area contributed by atoms with Crippen molar-refractivity contribution in [1.82, 2.24) is 18.9 Å². The van der Waals surface area contributed by atoms with Crippen molar-refractivity contribution >= 4 is 107 Å². The van der Waals surface area contributed by atoms with Crippen LogP contribution >= 0.6 is 63.7 Å². The van der Waals surface area contributed by atoms with Gasteiger partial charge in [0.15, 0.2) is 0 Å². The van der Waals surface area contributed by atoms with Crippen molar-refractivity contribution in [2.24, 2.45) is 0 Å². The summed E-state index contributed by atoms with van der Waals surface area (Å²) in [4.78, 5) is 4.69. The molecule has 0 amide bonds. The first-order chi connectivity index (χ1) is 21.2. The number of hydrogen-bond donors (Lipinski definition) is 2. The van der Waals surface area contributed by atoms with E-state index >= 15 is 0 Å². The Morgan fingerprint density at radius 1 is 0.455 bits per heavy atom. The van der Waals surface area contributed by atoms with Crippen LogP contribution in [-0.2, 0) is 13.1 Å². The minimum absolute atomic E-state index is 0.502. The largest absolute Gasteiger partial charge is 0.390 e. The maximum absolute atomic E-state index is 11.2. The normalized spacial score (nSPS) is 16.5. The molecule has 2 aromatic heterocycles. The van der Waals surface area contributed by atoms with Crippen LogP contribution in [0.1, 0.15) is 0 Å². The summed E-state index contributed by atoms with van der Waals surface area (Å²) < 4.78 is 8.59. The van der Waals surface area contributed by atoms with Gasteiger partial charge in [-0.25, -0.2) is 0 Å². The number of hydrogen-bond acceptors (Lipinski definition) is 4. The third kappa shape index (κ3) is 6.17. The zero-order valence-electron chi connectivity index (χ0n) is 23.9. The molecule has 2 unspecified atom stereocenters. The smallest absolute Gasteiger partial charge is 0.0845 e. The molecular weight excluding hydrogens is 816 g/mol.